The number of ether oxygens (including phenoxy) is 1. The van der Waals surface area contributed by atoms with Crippen molar-refractivity contribution in [1.82, 2.24) is 10.6 Å². The Bertz CT molecular complexity index is 1180. The summed E-state index contributed by atoms with van der Waals surface area (Å²) < 4.78 is 5.27. The Morgan fingerprint density at radius 3 is 2.18 bits per heavy atom. The molecule has 0 radical (unpaired) electrons. The molecule has 7 nitrogen and oxygen atoms in total. The van der Waals surface area contributed by atoms with Crippen molar-refractivity contribution in [1.29, 1.82) is 0 Å². The highest BCUT2D eigenvalue weighted by Gasteiger charge is 2.30. The molecule has 3 aromatic carbocycles. The Morgan fingerprint density at radius 1 is 0.909 bits per heavy atom. The van der Waals surface area contributed by atoms with Crippen LogP contribution in [0.1, 0.15) is 53.7 Å². The SMILES string of the molecule is CCCCC(=O)Oc1cccc(O)c1C(=O)NC(=O)NC1c2ccccc2-c2ccccc21. The van der Waals surface area contributed by atoms with E-state index in [1.54, 1.807) is 0 Å². The van der Waals surface area contributed by atoms with Crippen molar-refractivity contribution >= 4 is 17.9 Å². The second kappa shape index (κ2) is 9.56. The molecule has 0 saturated heterocycles. The zero-order valence-corrected chi connectivity index (χ0v) is 18.1. The smallest absolute Gasteiger partial charge is 0.322 e. The minimum atomic E-state index is -0.872. The molecule has 33 heavy (non-hydrogen) atoms. The number of benzene rings is 3. The van der Waals surface area contributed by atoms with Crippen LogP contribution in [0.2, 0.25) is 0 Å². The van der Waals surface area contributed by atoms with E-state index in [-0.39, 0.29) is 17.7 Å². The zero-order valence-electron chi connectivity index (χ0n) is 18.1. The number of imide groups is 1. The van der Waals surface area contributed by atoms with Gasteiger partial charge in [0.2, 0.25) is 0 Å². The summed E-state index contributed by atoms with van der Waals surface area (Å²) in [7, 11) is 0. The molecule has 0 aliphatic heterocycles. The van der Waals surface area contributed by atoms with Crippen molar-refractivity contribution in [3.05, 3.63) is 83.4 Å². The first-order valence-electron chi connectivity index (χ1n) is 10.8. The second-order valence-electron chi connectivity index (χ2n) is 7.76. The van der Waals surface area contributed by atoms with Gasteiger partial charge in [-0.25, -0.2) is 4.79 Å². The summed E-state index contributed by atoms with van der Waals surface area (Å²) in [6, 6.07) is 18.5. The number of fused-ring (bicyclic) bond motifs is 3. The molecular formula is C26H24N2O5. The van der Waals surface area contributed by atoms with Gasteiger partial charge in [0, 0.05) is 6.42 Å². The van der Waals surface area contributed by atoms with E-state index in [9.17, 15) is 19.5 Å². The van der Waals surface area contributed by atoms with Crippen LogP contribution in [0, 0.1) is 0 Å². The molecule has 0 bridgehead atoms. The number of unbranched alkanes of at least 4 members (excludes halogenated alkanes) is 1. The summed E-state index contributed by atoms with van der Waals surface area (Å²) in [5.74, 6) is -1.88. The number of rotatable bonds is 6. The third-order valence-electron chi connectivity index (χ3n) is 5.53. The van der Waals surface area contributed by atoms with E-state index in [0.717, 1.165) is 28.7 Å². The van der Waals surface area contributed by atoms with Crippen molar-refractivity contribution in [3.63, 3.8) is 0 Å². The lowest BCUT2D eigenvalue weighted by molar-refractivity contribution is -0.134. The summed E-state index contributed by atoms with van der Waals surface area (Å²) in [5, 5.41) is 15.3. The molecule has 0 atom stereocenters. The van der Waals surface area contributed by atoms with Gasteiger partial charge in [-0.15, -0.1) is 0 Å². The van der Waals surface area contributed by atoms with Gasteiger partial charge in [0.05, 0.1) is 6.04 Å². The van der Waals surface area contributed by atoms with Gasteiger partial charge in [-0.2, -0.15) is 0 Å². The predicted octanol–water partition coefficient (Wildman–Crippen LogP) is 4.70. The highest BCUT2D eigenvalue weighted by Crippen LogP contribution is 2.42. The lowest BCUT2D eigenvalue weighted by atomic mass is 10.1. The van der Waals surface area contributed by atoms with Crippen molar-refractivity contribution in [2.75, 3.05) is 0 Å². The first-order valence-corrected chi connectivity index (χ1v) is 10.8. The standard InChI is InChI=1S/C26H24N2O5/c1-2-3-15-22(30)33-21-14-8-13-20(29)23(21)25(31)28-26(32)27-24-18-11-6-4-9-16(18)17-10-5-7-12-19(17)24/h4-14,24,29H,2-3,15H2,1H3,(H2,27,28,31,32). The molecular weight excluding hydrogens is 420 g/mol. The van der Waals surface area contributed by atoms with Gasteiger partial charge in [0.1, 0.15) is 17.1 Å². The summed E-state index contributed by atoms with van der Waals surface area (Å²) in [4.78, 5) is 37.6. The Morgan fingerprint density at radius 2 is 1.55 bits per heavy atom. The average Bonchev–Trinajstić information content (AvgIpc) is 3.11. The van der Waals surface area contributed by atoms with Crippen LogP contribution in [-0.4, -0.2) is 23.0 Å². The van der Waals surface area contributed by atoms with E-state index in [1.807, 2.05) is 55.5 Å². The topological polar surface area (TPSA) is 105 Å². The summed E-state index contributed by atoms with van der Waals surface area (Å²) in [6.07, 6.45) is 1.65. The normalized spacial score (nSPS) is 11.9. The van der Waals surface area contributed by atoms with Gasteiger partial charge in [0.15, 0.2) is 0 Å². The Kier molecular flexibility index (Phi) is 6.40. The van der Waals surface area contributed by atoms with E-state index < -0.39 is 29.7 Å². The highest BCUT2D eigenvalue weighted by atomic mass is 16.5. The monoisotopic (exact) mass is 444 g/mol. The van der Waals surface area contributed by atoms with E-state index in [2.05, 4.69) is 10.6 Å². The van der Waals surface area contributed by atoms with Gasteiger partial charge in [0.25, 0.3) is 5.91 Å². The predicted molar refractivity (Wildman–Crippen MR) is 123 cm³/mol. The molecule has 3 amide bonds. The fourth-order valence-corrected chi connectivity index (χ4v) is 3.97. The van der Waals surface area contributed by atoms with Gasteiger partial charge >= 0.3 is 12.0 Å². The number of aromatic hydroxyl groups is 1. The second-order valence-corrected chi connectivity index (χ2v) is 7.76. The van der Waals surface area contributed by atoms with Crippen LogP contribution in [-0.2, 0) is 4.79 Å². The number of urea groups is 1. The first kappa shape index (κ1) is 22.1. The molecule has 0 aromatic heterocycles. The number of carbonyl (C=O) groups is 3. The average molecular weight is 444 g/mol. The number of carbonyl (C=O) groups excluding carboxylic acids is 3. The third kappa shape index (κ3) is 4.57. The molecule has 0 fully saturated rings. The summed E-state index contributed by atoms with van der Waals surface area (Å²) in [5.41, 5.74) is 3.62. The van der Waals surface area contributed by atoms with Gasteiger partial charge in [-0.3, -0.25) is 14.9 Å². The number of phenols is 1. The third-order valence-corrected chi connectivity index (χ3v) is 5.53. The van der Waals surface area contributed by atoms with Gasteiger partial charge in [-0.05, 0) is 40.8 Å². The molecule has 168 valence electrons. The number of phenolic OH excluding ortho intramolecular Hbond substituents is 1. The van der Waals surface area contributed by atoms with E-state index >= 15 is 0 Å². The van der Waals surface area contributed by atoms with E-state index in [0.29, 0.717) is 6.42 Å². The quantitative estimate of drug-likeness (QED) is 0.378. The van der Waals surface area contributed by atoms with E-state index in [1.165, 1.54) is 18.2 Å². The van der Waals surface area contributed by atoms with Crippen LogP contribution in [0.4, 0.5) is 4.79 Å². The van der Waals surface area contributed by atoms with Crippen LogP contribution in [0.3, 0.4) is 0 Å². The minimum absolute atomic E-state index is 0.0991. The fraction of sp³-hybridized carbons (Fsp3) is 0.192. The molecule has 3 aromatic rings. The molecule has 0 heterocycles. The minimum Gasteiger partial charge on any atom is -0.507 e. The van der Waals surface area contributed by atoms with E-state index in [4.69, 9.17) is 4.74 Å². The summed E-state index contributed by atoms with van der Waals surface area (Å²) in [6.45, 7) is 1.94. The number of amides is 3. The Labute approximate surface area is 191 Å². The number of nitrogens with one attached hydrogen (secondary N) is 2. The maximum absolute atomic E-state index is 12.8. The highest BCUT2D eigenvalue weighted by molar-refractivity contribution is 6.08. The van der Waals surface area contributed by atoms with Crippen molar-refractivity contribution in [2.24, 2.45) is 0 Å². The molecule has 0 unspecified atom stereocenters. The van der Waals surface area contributed by atoms with Crippen molar-refractivity contribution < 1.29 is 24.2 Å². The first-order chi connectivity index (χ1) is 16.0. The van der Waals surface area contributed by atoms with Crippen molar-refractivity contribution in [3.8, 4) is 22.6 Å². The molecule has 4 rings (SSSR count). The largest absolute Gasteiger partial charge is 0.507 e. The lowest BCUT2D eigenvalue weighted by Gasteiger charge is -2.17. The van der Waals surface area contributed by atoms with Crippen molar-refractivity contribution in [2.45, 2.75) is 32.2 Å². The Balaban J connectivity index is 1.51. The Hall–Kier alpha value is -4.13. The van der Waals surface area contributed by atoms with Crippen LogP contribution < -0.4 is 15.4 Å². The maximum atomic E-state index is 12.8. The van der Waals surface area contributed by atoms with Crippen LogP contribution in [0.25, 0.3) is 11.1 Å². The molecule has 3 N–H and O–H groups in total. The van der Waals surface area contributed by atoms with Gasteiger partial charge < -0.3 is 15.2 Å². The lowest BCUT2D eigenvalue weighted by Crippen LogP contribution is -2.41. The maximum Gasteiger partial charge on any atom is 0.322 e. The van der Waals surface area contributed by atoms with Crippen LogP contribution >= 0.6 is 0 Å². The van der Waals surface area contributed by atoms with Gasteiger partial charge in [-0.1, -0.05) is 67.9 Å². The zero-order chi connectivity index (χ0) is 23.4. The fourth-order valence-electron chi connectivity index (χ4n) is 3.97. The molecule has 0 spiro atoms. The number of esters is 1. The summed E-state index contributed by atoms with van der Waals surface area (Å²) >= 11 is 0. The molecule has 1 aliphatic rings. The molecule has 1 aliphatic carbocycles. The molecule has 0 saturated carbocycles. The number of hydrogen-bond acceptors (Lipinski definition) is 5. The number of hydrogen-bond donors (Lipinski definition) is 3. The van der Waals surface area contributed by atoms with Crippen LogP contribution in [0.15, 0.2) is 66.7 Å². The molecule has 7 heteroatoms. The van der Waals surface area contributed by atoms with Crippen LogP contribution in [0.5, 0.6) is 11.5 Å².